The summed E-state index contributed by atoms with van der Waals surface area (Å²) in [5.41, 5.74) is 2.32. The van der Waals surface area contributed by atoms with E-state index >= 15 is 0 Å². The largest absolute Gasteiger partial charge is 0.344 e. The number of para-hydroxylation sites is 2. The first-order valence-corrected chi connectivity index (χ1v) is 9.58. The Morgan fingerprint density at radius 3 is 2.54 bits per heavy atom. The van der Waals surface area contributed by atoms with Crippen molar-refractivity contribution in [1.29, 1.82) is 0 Å². The van der Waals surface area contributed by atoms with Crippen molar-refractivity contribution in [3.05, 3.63) is 59.1 Å². The lowest BCUT2D eigenvalue weighted by Crippen LogP contribution is -2.45. The van der Waals surface area contributed by atoms with Crippen LogP contribution in [0.2, 0.25) is 5.02 Å². The van der Waals surface area contributed by atoms with Gasteiger partial charge in [0.2, 0.25) is 17.8 Å². The molecule has 1 heterocycles. The van der Waals surface area contributed by atoms with Gasteiger partial charge in [0.25, 0.3) is 0 Å². The van der Waals surface area contributed by atoms with E-state index in [0.717, 1.165) is 16.6 Å². The van der Waals surface area contributed by atoms with Crippen molar-refractivity contribution in [2.45, 2.75) is 32.7 Å². The molecule has 0 saturated heterocycles. The smallest absolute Gasteiger partial charge is 0.249 e. The first-order valence-electron chi connectivity index (χ1n) is 9.20. The Morgan fingerprint density at radius 2 is 1.82 bits per heavy atom. The summed E-state index contributed by atoms with van der Waals surface area (Å²) < 4.78 is 0. The van der Waals surface area contributed by atoms with E-state index in [-0.39, 0.29) is 24.2 Å². The Hall–Kier alpha value is -2.86. The first kappa shape index (κ1) is 19.9. The van der Waals surface area contributed by atoms with Gasteiger partial charge in [-0.2, -0.15) is 0 Å². The number of aromatic nitrogens is 2. The second-order valence-corrected chi connectivity index (χ2v) is 7.52. The van der Waals surface area contributed by atoms with Gasteiger partial charge in [-0.1, -0.05) is 55.8 Å². The molecular weight excluding hydrogens is 376 g/mol. The van der Waals surface area contributed by atoms with Crippen molar-refractivity contribution in [2.75, 3.05) is 5.32 Å². The van der Waals surface area contributed by atoms with E-state index in [0.29, 0.717) is 17.4 Å². The summed E-state index contributed by atoms with van der Waals surface area (Å²) in [7, 11) is 0. The minimum absolute atomic E-state index is 0.117. The number of fused-ring (bicyclic) bond motifs is 1. The molecule has 6 nitrogen and oxygen atoms in total. The van der Waals surface area contributed by atoms with E-state index in [1.165, 1.54) is 0 Å². The molecule has 2 aromatic carbocycles. The van der Waals surface area contributed by atoms with Gasteiger partial charge in [-0.15, -0.1) is 0 Å². The monoisotopic (exact) mass is 398 g/mol. The average molecular weight is 399 g/mol. The van der Waals surface area contributed by atoms with E-state index in [2.05, 4.69) is 20.6 Å². The van der Waals surface area contributed by atoms with Gasteiger partial charge in [0, 0.05) is 5.02 Å². The molecule has 2 amide bonds. The molecule has 0 spiro atoms. The molecule has 0 bridgehead atoms. The molecule has 1 aromatic heterocycles. The predicted octanol–water partition coefficient (Wildman–Crippen LogP) is 3.93. The molecule has 3 aromatic rings. The highest BCUT2D eigenvalue weighted by Gasteiger charge is 2.23. The summed E-state index contributed by atoms with van der Waals surface area (Å²) in [4.78, 5) is 32.7. The normalized spacial score (nSPS) is 12.1. The zero-order valence-electron chi connectivity index (χ0n) is 15.8. The van der Waals surface area contributed by atoms with Crippen LogP contribution in [0.3, 0.4) is 0 Å². The number of amides is 2. The van der Waals surface area contributed by atoms with Crippen molar-refractivity contribution < 1.29 is 9.59 Å². The minimum atomic E-state index is -0.664. The van der Waals surface area contributed by atoms with Gasteiger partial charge in [0.15, 0.2) is 0 Å². The number of hydrogen-bond acceptors (Lipinski definition) is 3. The minimum Gasteiger partial charge on any atom is -0.344 e. The Balaban J connectivity index is 1.68. The van der Waals surface area contributed by atoms with Crippen molar-refractivity contribution >= 4 is 40.4 Å². The fraction of sp³-hybridized carbons (Fsp3) is 0.286. The average Bonchev–Trinajstić information content (AvgIpc) is 3.05. The molecule has 146 valence electrons. The lowest BCUT2D eigenvalue weighted by molar-refractivity contribution is -0.126. The van der Waals surface area contributed by atoms with Gasteiger partial charge in [0.1, 0.15) is 6.04 Å². The fourth-order valence-corrected chi connectivity index (χ4v) is 3.18. The topological polar surface area (TPSA) is 86.9 Å². The van der Waals surface area contributed by atoms with E-state index in [9.17, 15) is 9.59 Å². The number of nitrogens with one attached hydrogen (secondary N) is 3. The third-order valence-corrected chi connectivity index (χ3v) is 4.67. The van der Waals surface area contributed by atoms with Gasteiger partial charge >= 0.3 is 0 Å². The Morgan fingerprint density at radius 1 is 1.11 bits per heavy atom. The molecule has 0 aliphatic heterocycles. The number of rotatable bonds is 7. The summed E-state index contributed by atoms with van der Waals surface area (Å²) >= 11 is 6.13. The van der Waals surface area contributed by atoms with Gasteiger partial charge in [0.05, 0.1) is 17.5 Å². The quantitative estimate of drug-likeness (QED) is 0.563. The second kappa shape index (κ2) is 8.89. The number of halogens is 1. The molecule has 0 fully saturated rings. The lowest BCUT2D eigenvalue weighted by atomic mass is 10.0. The van der Waals surface area contributed by atoms with Crippen LogP contribution in [0, 0.1) is 5.92 Å². The Labute approximate surface area is 168 Å². The van der Waals surface area contributed by atoms with Crippen LogP contribution in [0.4, 0.5) is 5.95 Å². The Kier molecular flexibility index (Phi) is 6.31. The summed E-state index contributed by atoms with van der Waals surface area (Å²) in [5.74, 6) is 0.0334. The van der Waals surface area contributed by atoms with Crippen molar-refractivity contribution in [2.24, 2.45) is 5.92 Å². The molecule has 3 rings (SSSR count). The maximum atomic E-state index is 12.8. The van der Waals surface area contributed by atoms with Crippen LogP contribution in [-0.4, -0.2) is 27.8 Å². The Bertz CT molecular complexity index is 950. The van der Waals surface area contributed by atoms with Gasteiger partial charge in [-0.25, -0.2) is 4.98 Å². The maximum Gasteiger partial charge on any atom is 0.249 e. The van der Waals surface area contributed by atoms with Crippen molar-refractivity contribution in [3.63, 3.8) is 0 Å². The maximum absolute atomic E-state index is 12.8. The van der Waals surface area contributed by atoms with Crippen LogP contribution < -0.4 is 10.6 Å². The molecule has 0 unspecified atom stereocenters. The number of hydrogen-bond donors (Lipinski definition) is 3. The fourth-order valence-electron chi connectivity index (χ4n) is 2.98. The van der Waals surface area contributed by atoms with Crippen LogP contribution in [-0.2, 0) is 16.0 Å². The SMILES string of the molecule is CC(C)C[C@H](NC(=O)Cc1ccccc1Cl)C(=O)Nc1nc2ccccc2[nH]1. The zero-order chi connectivity index (χ0) is 20.1. The molecular formula is C21H23ClN4O2. The van der Waals surface area contributed by atoms with Gasteiger partial charge < -0.3 is 10.3 Å². The number of anilines is 1. The molecule has 3 N–H and O–H groups in total. The van der Waals surface area contributed by atoms with Crippen LogP contribution >= 0.6 is 11.6 Å². The highest BCUT2D eigenvalue weighted by molar-refractivity contribution is 6.31. The molecule has 0 aliphatic rings. The number of benzene rings is 2. The first-order chi connectivity index (χ1) is 13.4. The number of nitrogens with zero attached hydrogens (tertiary/aromatic N) is 1. The predicted molar refractivity (Wildman–Crippen MR) is 111 cm³/mol. The molecule has 28 heavy (non-hydrogen) atoms. The standard InChI is InChI=1S/C21H23ClN4O2/c1-13(2)11-18(23-19(27)12-14-7-3-4-8-15(14)22)20(28)26-21-24-16-9-5-6-10-17(16)25-21/h3-10,13,18H,11-12H2,1-2H3,(H,23,27)(H2,24,25,26,28)/t18-/m0/s1. The zero-order valence-corrected chi connectivity index (χ0v) is 16.6. The third-order valence-electron chi connectivity index (χ3n) is 4.30. The van der Waals surface area contributed by atoms with Crippen molar-refractivity contribution in [1.82, 2.24) is 15.3 Å². The number of carbonyl (C=O) groups excluding carboxylic acids is 2. The van der Waals surface area contributed by atoms with Crippen LogP contribution in [0.5, 0.6) is 0 Å². The number of imidazole rings is 1. The summed E-state index contributed by atoms with van der Waals surface area (Å²) in [6.07, 6.45) is 0.631. The lowest BCUT2D eigenvalue weighted by Gasteiger charge is -2.19. The highest BCUT2D eigenvalue weighted by atomic mass is 35.5. The summed E-state index contributed by atoms with van der Waals surface area (Å²) in [6, 6.07) is 14.0. The molecule has 7 heteroatoms. The third kappa shape index (κ3) is 5.10. The summed E-state index contributed by atoms with van der Waals surface area (Å²) in [5, 5.41) is 6.13. The highest BCUT2D eigenvalue weighted by Crippen LogP contribution is 2.17. The molecule has 0 radical (unpaired) electrons. The van der Waals surface area contributed by atoms with Crippen LogP contribution in [0.25, 0.3) is 11.0 Å². The van der Waals surface area contributed by atoms with E-state index in [1.807, 2.05) is 50.2 Å². The van der Waals surface area contributed by atoms with E-state index in [1.54, 1.807) is 12.1 Å². The molecule has 1 atom stereocenters. The molecule has 0 aliphatic carbocycles. The van der Waals surface area contributed by atoms with E-state index in [4.69, 9.17) is 11.6 Å². The van der Waals surface area contributed by atoms with Gasteiger partial charge in [-0.05, 0) is 36.1 Å². The van der Waals surface area contributed by atoms with Gasteiger partial charge in [-0.3, -0.25) is 14.9 Å². The number of H-pyrrole nitrogens is 1. The molecule has 0 saturated carbocycles. The van der Waals surface area contributed by atoms with Crippen molar-refractivity contribution in [3.8, 4) is 0 Å². The van der Waals surface area contributed by atoms with Crippen LogP contribution in [0.1, 0.15) is 25.8 Å². The summed E-state index contributed by atoms with van der Waals surface area (Å²) in [6.45, 7) is 4.00. The van der Waals surface area contributed by atoms with E-state index < -0.39 is 6.04 Å². The van der Waals surface area contributed by atoms with Crippen LogP contribution in [0.15, 0.2) is 48.5 Å². The number of carbonyl (C=O) groups is 2. The second-order valence-electron chi connectivity index (χ2n) is 7.11. The number of aromatic amines is 1.